The molecule has 0 spiro atoms. The monoisotopic (exact) mass is 328 g/mol. The van der Waals surface area contributed by atoms with Crippen LogP contribution in [0.25, 0.3) is 20.2 Å². The Bertz CT molecular complexity index is 912. The van der Waals surface area contributed by atoms with Gasteiger partial charge in [0.2, 0.25) is 0 Å². The molecule has 0 aliphatic rings. The molecule has 0 saturated carbocycles. The number of hydrogen-bond acceptors (Lipinski definition) is 4. The number of rotatable bonds is 5. The van der Waals surface area contributed by atoms with E-state index in [-0.39, 0.29) is 12.0 Å². The lowest BCUT2D eigenvalue weighted by atomic mass is 10.1. The highest BCUT2D eigenvalue weighted by Crippen LogP contribution is 2.36. The fraction of sp³-hybridized carbons (Fsp3) is 0.316. The van der Waals surface area contributed by atoms with Crippen LogP contribution in [0.4, 0.5) is 0 Å². The number of ether oxygens (including phenoxy) is 1. The maximum absolute atomic E-state index is 12.9. The van der Waals surface area contributed by atoms with Crippen molar-refractivity contribution in [3.05, 3.63) is 51.7 Å². The van der Waals surface area contributed by atoms with Gasteiger partial charge in [-0.25, -0.2) is 0 Å². The summed E-state index contributed by atoms with van der Waals surface area (Å²) < 4.78 is 7.88. The molecule has 3 nitrogen and oxygen atoms in total. The Balaban J connectivity index is 2.21. The average molecular weight is 328 g/mol. The topological polar surface area (TPSA) is 46.5 Å². The van der Waals surface area contributed by atoms with Gasteiger partial charge in [-0.2, -0.15) is 0 Å². The minimum atomic E-state index is 0.0760. The van der Waals surface area contributed by atoms with Crippen molar-refractivity contribution in [3.63, 3.8) is 0 Å². The zero-order valence-corrected chi connectivity index (χ0v) is 14.2. The zero-order valence-electron chi connectivity index (χ0n) is 13.4. The molecule has 3 aromatic rings. The highest BCUT2D eigenvalue weighted by molar-refractivity contribution is 7.25. The number of aryl methyl sites for hydroxylation is 2. The lowest BCUT2D eigenvalue weighted by Gasteiger charge is -2.14. The van der Waals surface area contributed by atoms with Crippen molar-refractivity contribution in [3.8, 4) is 5.75 Å². The molecule has 0 amide bonds. The van der Waals surface area contributed by atoms with E-state index in [2.05, 4.69) is 0 Å². The molecule has 0 aliphatic heterocycles. The van der Waals surface area contributed by atoms with Crippen LogP contribution in [0.2, 0.25) is 0 Å². The maximum Gasteiger partial charge on any atom is 0.196 e. The molecule has 0 fully saturated rings. The van der Waals surface area contributed by atoms with Gasteiger partial charge >= 0.3 is 0 Å². The lowest BCUT2D eigenvalue weighted by Crippen LogP contribution is -2.06. The van der Waals surface area contributed by atoms with Gasteiger partial charge in [-0.15, -0.1) is 11.3 Å². The van der Waals surface area contributed by atoms with Crippen LogP contribution in [0.15, 0.2) is 35.1 Å². The summed E-state index contributed by atoms with van der Waals surface area (Å²) in [6.07, 6.45) is 1.52. The molecule has 3 rings (SSSR count). The van der Waals surface area contributed by atoms with E-state index in [9.17, 15) is 4.79 Å². The minimum Gasteiger partial charge on any atom is -0.492 e. The van der Waals surface area contributed by atoms with E-state index in [4.69, 9.17) is 9.84 Å². The van der Waals surface area contributed by atoms with Gasteiger partial charge in [-0.05, 0) is 49.9 Å². The van der Waals surface area contributed by atoms with Crippen molar-refractivity contribution < 1.29 is 9.84 Å². The number of aliphatic hydroxyl groups excluding tert-OH is 1. The number of benzene rings is 2. The Labute approximate surface area is 139 Å². The van der Waals surface area contributed by atoms with Gasteiger partial charge in [0.25, 0.3) is 0 Å². The van der Waals surface area contributed by atoms with Gasteiger partial charge in [0, 0.05) is 22.1 Å². The summed E-state index contributed by atoms with van der Waals surface area (Å²) in [7, 11) is 0. The molecule has 23 heavy (non-hydrogen) atoms. The summed E-state index contributed by atoms with van der Waals surface area (Å²) >= 11 is 1.61. The van der Waals surface area contributed by atoms with Crippen LogP contribution >= 0.6 is 11.3 Å². The zero-order chi connectivity index (χ0) is 16.4. The molecular formula is C19H20O3S. The third kappa shape index (κ3) is 2.96. The Morgan fingerprint density at radius 2 is 1.91 bits per heavy atom. The first-order valence-electron chi connectivity index (χ1n) is 7.83. The second-order valence-electron chi connectivity index (χ2n) is 5.75. The van der Waals surface area contributed by atoms with Crippen LogP contribution in [0, 0.1) is 13.8 Å². The Kier molecular flexibility index (Phi) is 4.64. The van der Waals surface area contributed by atoms with Crippen molar-refractivity contribution >= 4 is 31.5 Å². The summed E-state index contributed by atoms with van der Waals surface area (Å²) in [5.74, 6) is 0.802. The van der Waals surface area contributed by atoms with E-state index in [1.165, 1.54) is 0 Å². The highest BCUT2D eigenvalue weighted by atomic mass is 32.1. The summed E-state index contributed by atoms with van der Waals surface area (Å²) in [6.45, 7) is 4.72. The highest BCUT2D eigenvalue weighted by Gasteiger charge is 2.15. The van der Waals surface area contributed by atoms with Gasteiger partial charge in [0.05, 0.1) is 11.3 Å². The molecule has 0 bridgehead atoms. The summed E-state index contributed by atoms with van der Waals surface area (Å²) in [5, 5.41) is 10.4. The standard InChI is InChI=1S/C19H20O3S/c1-12-11-13(2)18(22-10-6-5-9-20)19-16(12)17(21)14-7-3-4-8-15(14)23-19/h3-4,7-8,11,20H,5-6,9-10H2,1-2H3. The predicted octanol–water partition coefficient (Wildman–Crippen LogP) is 4.18. The van der Waals surface area contributed by atoms with Crippen molar-refractivity contribution in [2.45, 2.75) is 26.7 Å². The largest absolute Gasteiger partial charge is 0.492 e. The molecule has 1 heterocycles. The minimum absolute atomic E-state index is 0.0760. The van der Waals surface area contributed by atoms with E-state index in [0.717, 1.165) is 49.9 Å². The van der Waals surface area contributed by atoms with Gasteiger partial charge in [-0.3, -0.25) is 4.79 Å². The third-order valence-corrected chi connectivity index (χ3v) is 5.16. The quantitative estimate of drug-likeness (QED) is 0.564. The van der Waals surface area contributed by atoms with Gasteiger partial charge in [0.15, 0.2) is 5.43 Å². The number of hydrogen-bond donors (Lipinski definition) is 1. The first-order valence-corrected chi connectivity index (χ1v) is 8.64. The van der Waals surface area contributed by atoms with E-state index < -0.39 is 0 Å². The third-order valence-electron chi connectivity index (χ3n) is 3.99. The fourth-order valence-electron chi connectivity index (χ4n) is 2.87. The molecule has 0 saturated heterocycles. The molecule has 0 aliphatic carbocycles. The van der Waals surface area contributed by atoms with E-state index in [1.807, 2.05) is 44.2 Å². The van der Waals surface area contributed by atoms with E-state index in [1.54, 1.807) is 11.3 Å². The second-order valence-corrected chi connectivity index (χ2v) is 6.80. The molecule has 0 radical (unpaired) electrons. The number of unbranched alkanes of at least 4 members (excludes halogenated alkanes) is 1. The second kappa shape index (κ2) is 6.69. The van der Waals surface area contributed by atoms with Gasteiger partial charge in [0.1, 0.15) is 5.75 Å². The van der Waals surface area contributed by atoms with Crippen LogP contribution in [-0.2, 0) is 0 Å². The number of aliphatic hydroxyl groups is 1. The first-order chi connectivity index (χ1) is 11.1. The molecule has 1 N–H and O–H groups in total. The normalized spacial score (nSPS) is 11.3. The Morgan fingerprint density at radius 1 is 1.13 bits per heavy atom. The number of fused-ring (bicyclic) bond motifs is 2. The molecule has 0 unspecified atom stereocenters. The smallest absolute Gasteiger partial charge is 0.196 e. The average Bonchev–Trinajstić information content (AvgIpc) is 2.53. The SMILES string of the molecule is Cc1cc(C)c2c(=O)c3ccccc3sc2c1OCCCCO. The molecular weight excluding hydrogens is 308 g/mol. The Hall–Kier alpha value is -1.91. The van der Waals surface area contributed by atoms with Crippen LogP contribution in [0.3, 0.4) is 0 Å². The molecule has 2 aromatic carbocycles. The van der Waals surface area contributed by atoms with Crippen LogP contribution in [0.5, 0.6) is 5.75 Å². The molecule has 1 aromatic heterocycles. The van der Waals surface area contributed by atoms with E-state index >= 15 is 0 Å². The molecule has 4 heteroatoms. The first kappa shape index (κ1) is 16.0. The molecule has 120 valence electrons. The van der Waals surface area contributed by atoms with Crippen LogP contribution < -0.4 is 10.2 Å². The van der Waals surface area contributed by atoms with Gasteiger partial charge in [-0.1, -0.05) is 18.2 Å². The van der Waals surface area contributed by atoms with Crippen molar-refractivity contribution in [2.75, 3.05) is 13.2 Å². The van der Waals surface area contributed by atoms with Gasteiger partial charge < -0.3 is 9.84 Å². The van der Waals surface area contributed by atoms with Crippen LogP contribution in [-0.4, -0.2) is 18.3 Å². The van der Waals surface area contributed by atoms with E-state index in [0.29, 0.717) is 6.61 Å². The lowest BCUT2D eigenvalue weighted by molar-refractivity contribution is 0.254. The van der Waals surface area contributed by atoms with Crippen molar-refractivity contribution in [2.24, 2.45) is 0 Å². The summed E-state index contributed by atoms with van der Waals surface area (Å²) in [6, 6.07) is 9.74. The van der Waals surface area contributed by atoms with Crippen molar-refractivity contribution in [1.29, 1.82) is 0 Å². The summed E-state index contributed by atoms with van der Waals surface area (Å²) in [4.78, 5) is 12.9. The van der Waals surface area contributed by atoms with Crippen LogP contribution in [0.1, 0.15) is 24.0 Å². The summed E-state index contributed by atoms with van der Waals surface area (Å²) in [5.41, 5.74) is 2.11. The fourth-order valence-corrected chi connectivity index (χ4v) is 4.17. The maximum atomic E-state index is 12.9. The Morgan fingerprint density at radius 3 is 2.70 bits per heavy atom. The predicted molar refractivity (Wildman–Crippen MR) is 96.9 cm³/mol. The molecule has 0 atom stereocenters. The van der Waals surface area contributed by atoms with Crippen molar-refractivity contribution in [1.82, 2.24) is 0 Å².